The molecule has 23 heavy (non-hydrogen) atoms. The molecule has 0 aliphatic carbocycles. The van der Waals surface area contributed by atoms with Crippen LogP contribution in [0.1, 0.15) is 25.3 Å². The SMILES string of the molecule is COc1ccccc1CC(CNC(=O)CCC(C)OC)C(=O)O. The smallest absolute Gasteiger partial charge is 0.308 e. The van der Waals surface area contributed by atoms with Gasteiger partial charge in [0.25, 0.3) is 0 Å². The fourth-order valence-electron chi connectivity index (χ4n) is 2.16. The van der Waals surface area contributed by atoms with Crippen LogP contribution in [0.2, 0.25) is 0 Å². The van der Waals surface area contributed by atoms with Gasteiger partial charge >= 0.3 is 5.97 Å². The van der Waals surface area contributed by atoms with E-state index in [4.69, 9.17) is 9.47 Å². The number of amides is 1. The molecule has 0 spiro atoms. The normalized spacial score (nSPS) is 13.2. The Bertz CT molecular complexity index is 517. The highest BCUT2D eigenvalue weighted by molar-refractivity contribution is 5.77. The van der Waals surface area contributed by atoms with Crippen LogP contribution >= 0.6 is 0 Å². The maximum absolute atomic E-state index is 11.8. The number of benzene rings is 1. The number of carboxylic acids is 1. The van der Waals surface area contributed by atoms with Gasteiger partial charge in [0.2, 0.25) is 5.91 Å². The van der Waals surface area contributed by atoms with E-state index in [1.165, 1.54) is 0 Å². The highest BCUT2D eigenvalue weighted by atomic mass is 16.5. The third-order valence-electron chi connectivity index (χ3n) is 3.73. The van der Waals surface area contributed by atoms with Crippen molar-refractivity contribution in [1.29, 1.82) is 0 Å². The Morgan fingerprint density at radius 1 is 1.26 bits per heavy atom. The van der Waals surface area contributed by atoms with E-state index in [1.807, 2.05) is 25.1 Å². The Hall–Kier alpha value is -2.08. The number of carboxylic acid groups (broad SMARTS) is 1. The van der Waals surface area contributed by atoms with Crippen LogP contribution in [0.5, 0.6) is 5.75 Å². The minimum Gasteiger partial charge on any atom is -0.496 e. The molecule has 0 saturated heterocycles. The molecule has 0 aromatic heterocycles. The summed E-state index contributed by atoms with van der Waals surface area (Å²) in [5, 5.41) is 12.0. The average molecular weight is 323 g/mol. The van der Waals surface area contributed by atoms with Crippen LogP contribution in [-0.2, 0) is 20.7 Å². The fourth-order valence-corrected chi connectivity index (χ4v) is 2.16. The van der Waals surface area contributed by atoms with Gasteiger partial charge in [0.15, 0.2) is 0 Å². The van der Waals surface area contributed by atoms with Crippen LogP contribution < -0.4 is 10.1 Å². The minimum atomic E-state index is -0.943. The van der Waals surface area contributed by atoms with Crippen molar-refractivity contribution >= 4 is 11.9 Å². The van der Waals surface area contributed by atoms with E-state index in [0.717, 1.165) is 5.56 Å². The van der Waals surface area contributed by atoms with E-state index in [1.54, 1.807) is 20.3 Å². The summed E-state index contributed by atoms with van der Waals surface area (Å²) < 4.78 is 10.3. The van der Waals surface area contributed by atoms with Crippen molar-refractivity contribution in [2.24, 2.45) is 5.92 Å². The lowest BCUT2D eigenvalue weighted by Crippen LogP contribution is -2.34. The molecule has 0 aliphatic rings. The van der Waals surface area contributed by atoms with Gasteiger partial charge in [-0.2, -0.15) is 0 Å². The number of hydrogen-bond donors (Lipinski definition) is 2. The molecule has 0 fully saturated rings. The number of methoxy groups -OCH3 is 2. The largest absolute Gasteiger partial charge is 0.496 e. The summed E-state index contributed by atoms with van der Waals surface area (Å²) in [5.41, 5.74) is 0.810. The monoisotopic (exact) mass is 323 g/mol. The zero-order valence-electron chi connectivity index (χ0n) is 13.9. The lowest BCUT2D eigenvalue weighted by Gasteiger charge is -2.16. The Labute approximate surface area is 136 Å². The van der Waals surface area contributed by atoms with Crippen molar-refractivity contribution in [3.63, 3.8) is 0 Å². The molecule has 6 nitrogen and oxygen atoms in total. The minimum absolute atomic E-state index is 0.00426. The molecule has 0 radical (unpaired) electrons. The summed E-state index contributed by atoms with van der Waals surface area (Å²) in [6.45, 7) is 1.97. The summed E-state index contributed by atoms with van der Waals surface area (Å²) in [6.07, 6.45) is 1.22. The first-order valence-electron chi connectivity index (χ1n) is 7.62. The van der Waals surface area contributed by atoms with Crippen LogP contribution in [0, 0.1) is 5.92 Å². The van der Waals surface area contributed by atoms with E-state index in [-0.39, 0.29) is 18.6 Å². The molecule has 2 atom stereocenters. The summed E-state index contributed by atoms with van der Waals surface area (Å²) >= 11 is 0. The third kappa shape index (κ3) is 6.69. The molecular formula is C17H25NO5. The molecule has 0 heterocycles. The highest BCUT2D eigenvalue weighted by Crippen LogP contribution is 2.21. The molecule has 0 saturated carbocycles. The van der Waals surface area contributed by atoms with E-state index in [2.05, 4.69) is 5.32 Å². The van der Waals surface area contributed by atoms with Gasteiger partial charge in [-0.05, 0) is 31.4 Å². The van der Waals surface area contributed by atoms with Crippen LogP contribution in [-0.4, -0.2) is 43.9 Å². The quantitative estimate of drug-likeness (QED) is 0.686. The zero-order valence-corrected chi connectivity index (χ0v) is 13.9. The van der Waals surface area contributed by atoms with Gasteiger partial charge in [0.05, 0.1) is 19.1 Å². The molecule has 0 bridgehead atoms. The molecule has 0 aliphatic heterocycles. The van der Waals surface area contributed by atoms with E-state index >= 15 is 0 Å². The number of ether oxygens (including phenoxy) is 2. The van der Waals surface area contributed by atoms with E-state index < -0.39 is 11.9 Å². The summed E-state index contributed by atoms with van der Waals surface area (Å²) in [6, 6.07) is 7.29. The Morgan fingerprint density at radius 3 is 2.57 bits per heavy atom. The van der Waals surface area contributed by atoms with Crippen molar-refractivity contribution in [3.05, 3.63) is 29.8 Å². The van der Waals surface area contributed by atoms with Gasteiger partial charge in [-0.3, -0.25) is 9.59 Å². The van der Waals surface area contributed by atoms with Crippen LogP contribution in [0.25, 0.3) is 0 Å². The highest BCUT2D eigenvalue weighted by Gasteiger charge is 2.20. The fraction of sp³-hybridized carbons (Fsp3) is 0.529. The van der Waals surface area contributed by atoms with Gasteiger partial charge in [0, 0.05) is 20.1 Å². The molecular weight excluding hydrogens is 298 g/mol. The van der Waals surface area contributed by atoms with Gasteiger partial charge in [0.1, 0.15) is 5.75 Å². The number of rotatable bonds is 10. The third-order valence-corrected chi connectivity index (χ3v) is 3.73. The second-order valence-corrected chi connectivity index (χ2v) is 5.44. The first-order valence-corrected chi connectivity index (χ1v) is 7.62. The first-order chi connectivity index (χ1) is 11.0. The summed E-state index contributed by atoms with van der Waals surface area (Å²) in [7, 11) is 3.14. The van der Waals surface area contributed by atoms with Gasteiger partial charge in [-0.1, -0.05) is 18.2 Å². The number of hydrogen-bond acceptors (Lipinski definition) is 4. The number of carbonyl (C=O) groups excluding carboxylic acids is 1. The molecule has 2 N–H and O–H groups in total. The maximum Gasteiger partial charge on any atom is 0.308 e. The predicted octanol–water partition coefficient (Wildman–Crippen LogP) is 1.87. The zero-order chi connectivity index (χ0) is 17.2. The van der Waals surface area contributed by atoms with Gasteiger partial charge in [-0.15, -0.1) is 0 Å². The number of aliphatic carboxylic acids is 1. The molecule has 1 aromatic rings. The Kier molecular flexibility index (Phi) is 8.11. The molecule has 2 unspecified atom stereocenters. The number of carbonyl (C=O) groups is 2. The Balaban J connectivity index is 2.56. The molecule has 6 heteroatoms. The van der Waals surface area contributed by atoms with Gasteiger partial charge < -0.3 is 19.9 Å². The second kappa shape index (κ2) is 9.84. The average Bonchev–Trinajstić information content (AvgIpc) is 2.56. The number of nitrogens with one attached hydrogen (secondary N) is 1. The molecule has 1 amide bonds. The molecule has 128 valence electrons. The van der Waals surface area contributed by atoms with Crippen molar-refractivity contribution in [2.45, 2.75) is 32.3 Å². The lowest BCUT2D eigenvalue weighted by molar-refractivity contribution is -0.141. The van der Waals surface area contributed by atoms with E-state index in [9.17, 15) is 14.7 Å². The van der Waals surface area contributed by atoms with Crippen molar-refractivity contribution in [2.75, 3.05) is 20.8 Å². The lowest BCUT2D eigenvalue weighted by atomic mass is 9.98. The maximum atomic E-state index is 11.8. The van der Waals surface area contributed by atoms with Crippen molar-refractivity contribution < 1.29 is 24.2 Å². The van der Waals surface area contributed by atoms with Gasteiger partial charge in [-0.25, -0.2) is 0 Å². The topological polar surface area (TPSA) is 84.9 Å². The molecule has 1 rings (SSSR count). The summed E-state index contributed by atoms with van der Waals surface area (Å²) in [4.78, 5) is 23.2. The Morgan fingerprint density at radius 2 is 1.96 bits per heavy atom. The van der Waals surface area contributed by atoms with Crippen LogP contribution in [0.4, 0.5) is 0 Å². The van der Waals surface area contributed by atoms with E-state index in [0.29, 0.717) is 25.0 Å². The first kappa shape index (κ1) is 19.0. The number of para-hydroxylation sites is 1. The van der Waals surface area contributed by atoms with Crippen LogP contribution in [0.3, 0.4) is 0 Å². The van der Waals surface area contributed by atoms with Crippen molar-refractivity contribution in [3.8, 4) is 5.75 Å². The molecule has 1 aromatic carbocycles. The predicted molar refractivity (Wildman–Crippen MR) is 86.5 cm³/mol. The second-order valence-electron chi connectivity index (χ2n) is 5.44. The standard InChI is InChI=1S/C17H25NO5/c1-12(22-2)8-9-16(19)18-11-14(17(20)21)10-13-6-4-5-7-15(13)23-3/h4-7,12,14H,8-11H2,1-3H3,(H,18,19)(H,20,21). The summed E-state index contributed by atoms with van der Waals surface area (Å²) in [5.74, 6) is -1.16. The van der Waals surface area contributed by atoms with Crippen molar-refractivity contribution in [1.82, 2.24) is 5.32 Å². The van der Waals surface area contributed by atoms with Crippen LogP contribution in [0.15, 0.2) is 24.3 Å².